The molecule has 1 amide bonds. The van der Waals surface area contributed by atoms with Gasteiger partial charge < -0.3 is 15.3 Å². The van der Waals surface area contributed by atoms with Gasteiger partial charge in [0, 0.05) is 32.1 Å². The van der Waals surface area contributed by atoms with Crippen LogP contribution in [0.25, 0.3) is 0 Å². The van der Waals surface area contributed by atoms with E-state index in [4.69, 9.17) is 5.11 Å². The van der Waals surface area contributed by atoms with E-state index < -0.39 is 36.4 Å². The lowest BCUT2D eigenvalue weighted by Gasteiger charge is -2.27. The number of rotatable bonds is 5. The van der Waals surface area contributed by atoms with Gasteiger partial charge in [-0.3, -0.25) is 9.59 Å². The van der Waals surface area contributed by atoms with Crippen LogP contribution in [0.4, 0.5) is 13.2 Å². The molecule has 1 rings (SSSR count). The van der Waals surface area contributed by atoms with Gasteiger partial charge in [0.05, 0.1) is 0 Å². The van der Waals surface area contributed by atoms with Crippen molar-refractivity contribution in [3.63, 3.8) is 0 Å². The molecule has 20 heavy (non-hydrogen) atoms. The molecule has 116 valence electrons. The lowest BCUT2D eigenvalue weighted by Crippen LogP contribution is -2.48. The first-order valence-corrected chi connectivity index (χ1v) is 6.41. The number of carbonyl (C=O) groups is 2. The number of nitrogens with one attached hydrogen (secondary N) is 1. The Balaban J connectivity index is 2.65. The summed E-state index contributed by atoms with van der Waals surface area (Å²) in [6.45, 7) is 3.16. The zero-order valence-corrected chi connectivity index (χ0v) is 11.5. The Labute approximate surface area is 115 Å². The number of amides is 1. The second-order valence-corrected chi connectivity index (χ2v) is 5.31. The van der Waals surface area contributed by atoms with Crippen molar-refractivity contribution in [3.05, 3.63) is 0 Å². The standard InChI is InChI=1S/C12H19F3N2O3/c1-8(2)16-5-3-9(18)17-6-4-11(7-17,10(19)20)12(13,14)15/h8,16H,3-7H2,1-2H3,(H,19,20). The third-order valence-electron chi connectivity index (χ3n) is 3.47. The lowest BCUT2D eigenvalue weighted by molar-refractivity contribution is -0.227. The molecule has 1 aliphatic rings. The van der Waals surface area contributed by atoms with Crippen LogP contribution in [0.2, 0.25) is 0 Å². The number of nitrogens with zero attached hydrogens (tertiary/aromatic N) is 1. The molecule has 1 atom stereocenters. The molecule has 0 aromatic heterocycles. The van der Waals surface area contributed by atoms with Gasteiger partial charge in [0.15, 0.2) is 5.41 Å². The van der Waals surface area contributed by atoms with Crippen molar-refractivity contribution >= 4 is 11.9 Å². The number of halogens is 3. The second kappa shape index (κ2) is 5.99. The highest BCUT2D eigenvalue weighted by Gasteiger charge is 2.64. The quantitative estimate of drug-likeness (QED) is 0.801. The van der Waals surface area contributed by atoms with E-state index in [-0.39, 0.29) is 19.0 Å². The van der Waals surface area contributed by atoms with Crippen LogP contribution < -0.4 is 5.32 Å². The van der Waals surface area contributed by atoms with Crippen LogP contribution >= 0.6 is 0 Å². The van der Waals surface area contributed by atoms with E-state index >= 15 is 0 Å². The highest BCUT2D eigenvalue weighted by Crippen LogP contribution is 2.45. The fourth-order valence-corrected chi connectivity index (χ4v) is 2.18. The zero-order chi connectivity index (χ0) is 15.6. The molecule has 1 unspecified atom stereocenters. The molecule has 0 aromatic carbocycles. The number of carboxylic acid groups (broad SMARTS) is 1. The first-order valence-electron chi connectivity index (χ1n) is 6.41. The van der Waals surface area contributed by atoms with E-state index in [1.165, 1.54) is 0 Å². The fourth-order valence-electron chi connectivity index (χ4n) is 2.18. The average Bonchev–Trinajstić information content (AvgIpc) is 2.73. The monoisotopic (exact) mass is 296 g/mol. The summed E-state index contributed by atoms with van der Waals surface area (Å²) in [6.07, 6.45) is -5.38. The van der Waals surface area contributed by atoms with Gasteiger partial charge in [0.2, 0.25) is 5.91 Å². The Bertz CT molecular complexity index is 385. The lowest BCUT2D eigenvalue weighted by atomic mass is 9.86. The molecular weight excluding hydrogens is 277 g/mol. The normalized spacial score (nSPS) is 23.4. The van der Waals surface area contributed by atoms with Gasteiger partial charge in [-0.05, 0) is 6.42 Å². The van der Waals surface area contributed by atoms with Gasteiger partial charge in [0.25, 0.3) is 0 Å². The van der Waals surface area contributed by atoms with Crippen molar-refractivity contribution in [1.82, 2.24) is 10.2 Å². The molecule has 8 heteroatoms. The van der Waals surface area contributed by atoms with Crippen molar-refractivity contribution in [2.24, 2.45) is 5.41 Å². The topological polar surface area (TPSA) is 69.6 Å². The van der Waals surface area contributed by atoms with Crippen LogP contribution in [0.1, 0.15) is 26.7 Å². The molecule has 0 aliphatic carbocycles. The number of carbonyl (C=O) groups excluding carboxylic acids is 1. The van der Waals surface area contributed by atoms with Crippen LogP contribution in [0.5, 0.6) is 0 Å². The van der Waals surface area contributed by atoms with E-state index in [1.54, 1.807) is 0 Å². The summed E-state index contributed by atoms with van der Waals surface area (Å²) >= 11 is 0. The summed E-state index contributed by atoms with van der Waals surface area (Å²) in [7, 11) is 0. The average molecular weight is 296 g/mol. The number of hydrogen-bond donors (Lipinski definition) is 2. The Morgan fingerprint density at radius 1 is 1.40 bits per heavy atom. The van der Waals surface area contributed by atoms with Crippen molar-refractivity contribution in [1.29, 1.82) is 0 Å². The third-order valence-corrected chi connectivity index (χ3v) is 3.47. The number of hydrogen-bond acceptors (Lipinski definition) is 3. The molecule has 1 saturated heterocycles. The van der Waals surface area contributed by atoms with Crippen molar-refractivity contribution < 1.29 is 27.9 Å². The molecule has 0 radical (unpaired) electrons. The highest BCUT2D eigenvalue weighted by atomic mass is 19.4. The molecule has 1 heterocycles. The van der Waals surface area contributed by atoms with Gasteiger partial charge in [-0.1, -0.05) is 13.8 Å². The Morgan fingerprint density at radius 2 is 2.00 bits per heavy atom. The van der Waals surface area contributed by atoms with Gasteiger partial charge >= 0.3 is 12.1 Å². The smallest absolute Gasteiger partial charge is 0.406 e. The Hall–Kier alpha value is -1.31. The summed E-state index contributed by atoms with van der Waals surface area (Å²) in [5.74, 6) is -2.37. The van der Waals surface area contributed by atoms with Crippen LogP contribution in [-0.2, 0) is 9.59 Å². The minimum absolute atomic E-state index is 0.0612. The largest absolute Gasteiger partial charge is 0.481 e. The summed E-state index contributed by atoms with van der Waals surface area (Å²) in [4.78, 5) is 23.8. The maximum Gasteiger partial charge on any atom is 0.406 e. The molecule has 2 N–H and O–H groups in total. The predicted molar refractivity (Wildman–Crippen MR) is 65.1 cm³/mol. The van der Waals surface area contributed by atoms with Crippen molar-refractivity contribution in [2.75, 3.05) is 19.6 Å². The summed E-state index contributed by atoms with van der Waals surface area (Å²) in [5, 5.41) is 11.9. The summed E-state index contributed by atoms with van der Waals surface area (Å²) in [6, 6.07) is 0.176. The fraction of sp³-hybridized carbons (Fsp3) is 0.833. The first-order chi connectivity index (χ1) is 9.10. The van der Waals surface area contributed by atoms with E-state index in [0.717, 1.165) is 4.90 Å². The molecule has 5 nitrogen and oxygen atoms in total. The van der Waals surface area contributed by atoms with Gasteiger partial charge in [-0.25, -0.2) is 0 Å². The highest BCUT2D eigenvalue weighted by molar-refractivity contribution is 5.81. The maximum absolute atomic E-state index is 12.9. The van der Waals surface area contributed by atoms with Gasteiger partial charge in [-0.15, -0.1) is 0 Å². The van der Waals surface area contributed by atoms with Gasteiger partial charge in [-0.2, -0.15) is 13.2 Å². The molecule has 1 fully saturated rings. The third kappa shape index (κ3) is 3.41. The van der Waals surface area contributed by atoms with E-state index in [2.05, 4.69) is 5.32 Å². The van der Waals surface area contributed by atoms with Crippen LogP contribution in [0, 0.1) is 5.41 Å². The minimum Gasteiger partial charge on any atom is -0.481 e. The SMILES string of the molecule is CC(C)NCCC(=O)N1CCC(C(=O)O)(C(F)(F)F)C1. The molecule has 0 bridgehead atoms. The summed E-state index contributed by atoms with van der Waals surface area (Å²) in [5.41, 5.74) is -2.83. The number of aliphatic carboxylic acids is 1. The second-order valence-electron chi connectivity index (χ2n) is 5.31. The molecule has 0 spiro atoms. The Morgan fingerprint density at radius 3 is 2.40 bits per heavy atom. The van der Waals surface area contributed by atoms with E-state index in [0.29, 0.717) is 6.54 Å². The van der Waals surface area contributed by atoms with Crippen LogP contribution in [0.15, 0.2) is 0 Å². The minimum atomic E-state index is -4.86. The Kier molecular flexibility index (Phi) is 5.01. The maximum atomic E-state index is 12.9. The number of likely N-dealkylation sites (tertiary alicyclic amines) is 1. The summed E-state index contributed by atoms with van der Waals surface area (Å²) < 4.78 is 38.8. The number of carboxylic acids is 1. The molecule has 0 aromatic rings. The molecular formula is C12H19F3N2O3. The molecule has 0 saturated carbocycles. The van der Waals surface area contributed by atoms with Crippen LogP contribution in [-0.4, -0.2) is 53.7 Å². The van der Waals surface area contributed by atoms with Crippen molar-refractivity contribution in [3.8, 4) is 0 Å². The number of alkyl halides is 3. The van der Waals surface area contributed by atoms with E-state index in [1.807, 2.05) is 13.8 Å². The van der Waals surface area contributed by atoms with Crippen LogP contribution in [0.3, 0.4) is 0 Å². The zero-order valence-electron chi connectivity index (χ0n) is 11.5. The van der Waals surface area contributed by atoms with E-state index in [9.17, 15) is 22.8 Å². The predicted octanol–water partition coefficient (Wildman–Crippen LogP) is 1.24. The molecule has 1 aliphatic heterocycles. The first kappa shape index (κ1) is 16.7. The van der Waals surface area contributed by atoms with Gasteiger partial charge in [0.1, 0.15) is 0 Å². The van der Waals surface area contributed by atoms with Crippen molar-refractivity contribution in [2.45, 2.75) is 38.9 Å².